The molecule has 2 rings (SSSR count). The highest BCUT2D eigenvalue weighted by atomic mass is 19.1. The number of nitrogens with one attached hydrogen (secondary N) is 1. The van der Waals surface area contributed by atoms with Crippen LogP contribution in [-0.2, 0) is 4.79 Å². The van der Waals surface area contributed by atoms with Crippen LogP contribution in [-0.4, -0.2) is 43.5 Å². The quantitative estimate of drug-likeness (QED) is 0.666. The average molecular weight is 316 g/mol. The molecule has 1 heterocycles. The van der Waals surface area contributed by atoms with Crippen molar-refractivity contribution in [2.75, 3.05) is 37.6 Å². The standard InChI is InChI=1S/C17H21FN4O/c1-2-7-20-17(23)14(12-19)13-21-8-10-22(11-9-21)16-6-4-3-5-15(16)18/h3-6,13H,2,7-11H2,1H3,(H,20,23)/b14-13-. The summed E-state index contributed by atoms with van der Waals surface area (Å²) in [4.78, 5) is 15.8. The molecule has 1 aliphatic heterocycles. The van der Waals surface area contributed by atoms with Crippen molar-refractivity contribution >= 4 is 11.6 Å². The summed E-state index contributed by atoms with van der Waals surface area (Å²) in [6.07, 6.45) is 2.43. The molecule has 0 aliphatic carbocycles. The summed E-state index contributed by atoms with van der Waals surface area (Å²) in [5.74, 6) is -0.570. The van der Waals surface area contributed by atoms with Gasteiger partial charge in [-0.3, -0.25) is 4.79 Å². The van der Waals surface area contributed by atoms with Crippen molar-refractivity contribution in [2.45, 2.75) is 13.3 Å². The van der Waals surface area contributed by atoms with Crippen molar-refractivity contribution in [2.24, 2.45) is 0 Å². The Hall–Kier alpha value is -2.55. The molecule has 1 fully saturated rings. The number of hydrogen-bond donors (Lipinski definition) is 1. The number of para-hydroxylation sites is 1. The number of rotatable bonds is 5. The van der Waals surface area contributed by atoms with Gasteiger partial charge in [0.15, 0.2) is 0 Å². The predicted octanol–water partition coefficient (Wildman–Crippen LogP) is 1.88. The number of nitriles is 1. The third kappa shape index (κ3) is 4.46. The summed E-state index contributed by atoms with van der Waals surface area (Å²) >= 11 is 0. The van der Waals surface area contributed by atoms with Gasteiger partial charge in [0.25, 0.3) is 5.91 Å². The van der Waals surface area contributed by atoms with Gasteiger partial charge in [-0.05, 0) is 18.6 Å². The summed E-state index contributed by atoms with van der Waals surface area (Å²) < 4.78 is 13.8. The second kappa shape index (κ2) is 8.18. The van der Waals surface area contributed by atoms with Crippen molar-refractivity contribution in [3.05, 3.63) is 41.9 Å². The predicted molar refractivity (Wildman–Crippen MR) is 87.2 cm³/mol. The minimum Gasteiger partial charge on any atom is -0.373 e. The first-order valence-electron chi connectivity index (χ1n) is 7.79. The number of hydrogen-bond acceptors (Lipinski definition) is 4. The van der Waals surface area contributed by atoms with Crippen LogP contribution in [0.1, 0.15) is 13.3 Å². The fourth-order valence-corrected chi connectivity index (χ4v) is 2.45. The molecule has 1 aromatic carbocycles. The van der Waals surface area contributed by atoms with Crippen molar-refractivity contribution in [3.8, 4) is 6.07 Å². The second-order valence-corrected chi connectivity index (χ2v) is 5.38. The highest BCUT2D eigenvalue weighted by Crippen LogP contribution is 2.20. The molecule has 1 amide bonds. The summed E-state index contributed by atoms with van der Waals surface area (Å²) in [7, 11) is 0. The lowest BCUT2D eigenvalue weighted by atomic mass is 10.2. The van der Waals surface area contributed by atoms with Gasteiger partial charge in [-0.2, -0.15) is 5.26 Å². The molecule has 23 heavy (non-hydrogen) atoms. The number of carbonyl (C=O) groups excluding carboxylic acids is 1. The lowest BCUT2D eigenvalue weighted by Gasteiger charge is -2.35. The smallest absolute Gasteiger partial charge is 0.263 e. The maximum absolute atomic E-state index is 13.8. The molecule has 0 atom stereocenters. The zero-order chi connectivity index (χ0) is 16.7. The molecule has 0 radical (unpaired) electrons. The Morgan fingerprint density at radius 3 is 2.65 bits per heavy atom. The van der Waals surface area contributed by atoms with E-state index in [4.69, 9.17) is 5.26 Å². The molecule has 0 unspecified atom stereocenters. The molecular formula is C17H21FN4O. The third-order valence-electron chi connectivity index (χ3n) is 3.72. The van der Waals surface area contributed by atoms with Crippen LogP contribution in [0.25, 0.3) is 0 Å². The van der Waals surface area contributed by atoms with Gasteiger partial charge in [0, 0.05) is 38.9 Å². The number of halogens is 1. The topological polar surface area (TPSA) is 59.4 Å². The SMILES string of the molecule is CCCNC(=O)/C(C#N)=C\N1CCN(c2ccccc2F)CC1. The van der Waals surface area contributed by atoms with Gasteiger partial charge < -0.3 is 15.1 Å². The molecule has 0 saturated carbocycles. The van der Waals surface area contributed by atoms with Crippen LogP contribution in [0.15, 0.2) is 36.0 Å². The van der Waals surface area contributed by atoms with E-state index in [1.807, 2.05) is 28.9 Å². The number of amides is 1. The zero-order valence-electron chi connectivity index (χ0n) is 13.3. The highest BCUT2D eigenvalue weighted by molar-refractivity contribution is 5.97. The zero-order valence-corrected chi connectivity index (χ0v) is 13.3. The molecule has 0 bridgehead atoms. The summed E-state index contributed by atoms with van der Waals surface area (Å²) in [6.45, 7) is 5.08. The summed E-state index contributed by atoms with van der Waals surface area (Å²) in [5.41, 5.74) is 0.704. The fraction of sp³-hybridized carbons (Fsp3) is 0.412. The van der Waals surface area contributed by atoms with Crippen LogP contribution in [0.3, 0.4) is 0 Å². The van der Waals surface area contributed by atoms with E-state index in [0.717, 1.165) is 6.42 Å². The van der Waals surface area contributed by atoms with Crippen LogP contribution >= 0.6 is 0 Å². The van der Waals surface area contributed by atoms with E-state index in [2.05, 4.69) is 5.32 Å². The molecule has 122 valence electrons. The average Bonchev–Trinajstić information content (AvgIpc) is 2.58. The van der Waals surface area contributed by atoms with Gasteiger partial charge in [0.2, 0.25) is 0 Å². The largest absolute Gasteiger partial charge is 0.373 e. The van der Waals surface area contributed by atoms with Crippen LogP contribution < -0.4 is 10.2 Å². The first-order chi connectivity index (χ1) is 11.2. The van der Waals surface area contributed by atoms with E-state index in [1.165, 1.54) is 6.07 Å². The molecule has 6 heteroatoms. The van der Waals surface area contributed by atoms with E-state index in [9.17, 15) is 9.18 Å². The Kier molecular flexibility index (Phi) is 5.98. The number of piperazine rings is 1. The van der Waals surface area contributed by atoms with E-state index in [1.54, 1.807) is 18.3 Å². The van der Waals surface area contributed by atoms with Gasteiger partial charge in [-0.1, -0.05) is 19.1 Å². The number of carbonyl (C=O) groups is 1. The lowest BCUT2D eigenvalue weighted by molar-refractivity contribution is -0.117. The van der Waals surface area contributed by atoms with Crippen molar-refractivity contribution in [3.63, 3.8) is 0 Å². The Labute approximate surface area is 136 Å². The van der Waals surface area contributed by atoms with Crippen LogP contribution in [0.5, 0.6) is 0 Å². The summed E-state index contributed by atoms with van der Waals surface area (Å²) in [6, 6.07) is 8.65. The molecule has 0 aromatic heterocycles. The number of benzene rings is 1. The minimum atomic E-state index is -0.342. The van der Waals surface area contributed by atoms with Crippen molar-refractivity contribution in [1.29, 1.82) is 5.26 Å². The molecule has 1 N–H and O–H groups in total. The van der Waals surface area contributed by atoms with Crippen molar-refractivity contribution in [1.82, 2.24) is 10.2 Å². The van der Waals surface area contributed by atoms with Gasteiger partial charge >= 0.3 is 0 Å². The molecule has 1 aliphatic rings. The number of anilines is 1. The minimum absolute atomic E-state index is 0.109. The molecule has 5 nitrogen and oxygen atoms in total. The Balaban J connectivity index is 1.96. The third-order valence-corrected chi connectivity index (χ3v) is 3.72. The van der Waals surface area contributed by atoms with Gasteiger partial charge in [0.05, 0.1) is 5.69 Å². The van der Waals surface area contributed by atoms with E-state index < -0.39 is 0 Å². The van der Waals surface area contributed by atoms with Crippen LogP contribution in [0.2, 0.25) is 0 Å². The van der Waals surface area contributed by atoms with Gasteiger partial charge in [0.1, 0.15) is 17.5 Å². The van der Waals surface area contributed by atoms with Crippen LogP contribution in [0.4, 0.5) is 10.1 Å². The maximum atomic E-state index is 13.8. The Morgan fingerprint density at radius 2 is 2.04 bits per heavy atom. The molecule has 0 spiro atoms. The monoisotopic (exact) mass is 316 g/mol. The van der Waals surface area contributed by atoms with Crippen molar-refractivity contribution < 1.29 is 9.18 Å². The second-order valence-electron chi connectivity index (χ2n) is 5.38. The summed E-state index contributed by atoms with van der Waals surface area (Å²) in [5, 5.41) is 11.8. The normalized spacial score (nSPS) is 15.3. The van der Waals surface area contributed by atoms with Gasteiger partial charge in [-0.25, -0.2) is 4.39 Å². The highest BCUT2D eigenvalue weighted by Gasteiger charge is 2.19. The Bertz CT molecular complexity index is 615. The number of nitrogens with zero attached hydrogens (tertiary/aromatic N) is 3. The first-order valence-corrected chi connectivity index (χ1v) is 7.79. The van der Waals surface area contributed by atoms with Gasteiger partial charge in [-0.15, -0.1) is 0 Å². The fourth-order valence-electron chi connectivity index (χ4n) is 2.45. The molecule has 1 saturated heterocycles. The van der Waals surface area contributed by atoms with E-state index in [-0.39, 0.29) is 17.3 Å². The van der Waals surface area contributed by atoms with E-state index >= 15 is 0 Å². The maximum Gasteiger partial charge on any atom is 0.263 e. The first kappa shape index (κ1) is 16.8. The van der Waals surface area contributed by atoms with Crippen LogP contribution in [0, 0.1) is 17.1 Å². The molecular weight excluding hydrogens is 295 g/mol. The van der Waals surface area contributed by atoms with E-state index in [0.29, 0.717) is 38.4 Å². The lowest BCUT2D eigenvalue weighted by Crippen LogP contribution is -2.44. The molecule has 1 aromatic rings. The Morgan fingerprint density at radius 1 is 1.35 bits per heavy atom.